The molecule has 2 rings (SSSR count). The van der Waals surface area contributed by atoms with E-state index in [1.54, 1.807) is 26.1 Å². The summed E-state index contributed by atoms with van der Waals surface area (Å²) in [7, 11) is 0. The highest BCUT2D eigenvalue weighted by molar-refractivity contribution is 5.81. The maximum atomic E-state index is 12.1. The van der Waals surface area contributed by atoms with Crippen LogP contribution in [-0.4, -0.2) is 28.8 Å². The van der Waals surface area contributed by atoms with Crippen LogP contribution in [0.25, 0.3) is 0 Å². The third-order valence-corrected chi connectivity index (χ3v) is 3.62. The number of nitrogens with one attached hydrogen (secondary N) is 1. The van der Waals surface area contributed by atoms with E-state index in [1.807, 2.05) is 0 Å². The van der Waals surface area contributed by atoms with Gasteiger partial charge in [0.15, 0.2) is 0 Å². The molecule has 0 bridgehead atoms. The Labute approximate surface area is 117 Å². The molecule has 0 radical (unpaired) electrons. The van der Waals surface area contributed by atoms with E-state index in [0.29, 0.717) is 0 Å². The minimum absolute atomic E-state index is 0.190. The number of hydrazine groups is 1. The van der Waals surface area contributed by atoms with Crippen LogP contribution in [0, 0.1) is 5.41 Å². The van der Waals surface area contributed by atoms with Crippen molar-refractivity contribution in [1.82, 2.24) is 15.2 Å². The molecule has 1 amide bonds. The normalized spacial score (nSPS) is 15.4. The fourth-order valence-electron chi connectivity index (χ4n) is 2.33. The third kappa shape index (κ3) is 2.98. The predicted molar refractivity (Wildman–Crippen MR) is 76.1 cm³/mol. The Bertz CT molecular complexity index is 546. The molecule has 7 nitrogen and oxygen atoms in total. The van der Waals surface area contributed by atoms with E-state index in [1.165, 1.54) is 4.68 Å². The summed E-state index contributed by atoms with van der Waals surface area (Å²) in [6.45, 7) is 5.56. The molecule has 1 saturated heterocycles. The van der Waals surface area contributed by atoms with Gasteiger partial charge in [-0.2, -0.15) is 5.10 Å². The van der Waals surface area contributed by atoms with E-state index in [4.69, 9.17) is 5.84 Å². The minimum atomic E-state index is -0.791. The lowest BCUT2D eigenvalue weighted by molar-refractivity contribution is -0.130. The van der Waals surface area contributed by atoms with Gasteiger partial charge in [0.25, 0.3) is 5.56 Å². The van der Waals surface area contributed by atoms with E-state index in [2.05, 4.69) is 15.4 Å². The SMILES string of the molecule is CC(C)(Cn1ncc(N2CCCC2)cc1=O)C(=O)NN. The minimum Gasteiger partial charge on any atom is -0.370 e. The topological polar surface area (TPSA) is 93.2 Å². The van der Waals surface area contributed by atoms with Gasteiger partial charge in [-0.05, 0) is 26.7 Å². The van der Waals surface area contributed by atoms with Gasteiger partial charge in [0.1, 0.15) is 0 Å². The molecule has 110 valence electrons. The molecule has 1 aliphatic heterocycles. The van der Waals surface area contributed by atoms with Crippen LogP contribution in [-0.2, 0) is 11.3 Å². The Hall–Kier alpha value is -1.89. The zero-order valence-electron chi connectivity index (χ0n) is 11.9. The van der Waals surface area contributed by atoms with Crippen molar-refractivity contribution >= 4 is 11.6 Å². The molecule has 20 heavy (non-hydrogen) atoms. The van der Waals surface area contributed by atoms with Crippen LogP contribution in [0.2, 0.25) is 0 Å². The fraction of sp³-hybridized carbons (Fsp3) is 0.615. The first-order chi connectivity index (χ1) is 9.44. The van der Waals surface area contributed by atoms with E-state index >= 15 is 0 Å². The average Bonchev–Trinajstić information content (AvgIpc) is 2.94. The maximum Gasteiger partial charge on any atom is 0.268 e. The summed E-state index contributed by atoms with van der Waals surface area (Å²) < 4.78 is 1.30. The summed E-state index contributed by atoms with van der Waals surface area (Å²) in [4.78, 5) is 25.9. The van der Waals surface area contributed by atoms with Crippen molar-refractivity contribution in [3.8, 4) is 0 Å². The Kier molecular flexibility index (Phi) is 4.08. The number of carbonyl (C=O) groups excluding carboxylic acids is 1. The van der Waals surface area contributed by atoms with E-state index in [0.717, 1.165) is 31.6 Å². The van der Waals surface area contributed by atoms with Gasteiger partial charge in [0, 0.05) is 19.2 Å². The molecule has 0 aromatic carbocycles. The van der Waals surface area contributed by atoms with Crippen molar-refractivity contribution in [2.45, 2.75) is 33.2 Å². The second-order valence-electron chi connectivity index (χ2n) is 5.76. The number of amides is 1. The fourth-order valence-corrected chi connectivity index (χ4v) is 2.33. The smallest absolute Gasteiger partial charge is 0.268 e. The Morgan fingerprint density at radius 1 is 1.45 bits per heavy atom. The molecular weight excluding hydrogens is 258 g/mol. The van der Waals surface area contributed by atoms with Crippen molar-refractivity contribution in [1.29, 1.82) is 0 Å². The van der Waals surface area contributed by atoms with Gasteiger partial charge in [-0.25, -0.2) is 10.5 Å². The Morgan fingerprint density at radius 3 is 2.65 bits per heavy atom. The molecule has 7 heteroatoms. The first-order valence-electron chi connectivity index (χ1n) is 6.77. The highest BCUT2D eigenvalue weighted by atomic mass is 16.2. The van der Waals surface area contributed by atoms with Crippen LogP contribution in [0.15, 0.2) is 17.1 Å². The quantitative estimate of drug-likeness (QED) is 0.454. The third-order valence-electron chi connectivity index (χ3n) is 3.62. The van der Waals surface area contributed by atoms with Crippen LogP contribution in [0.4, 0.5) is 5.69 Å². The van der Waals surface area contributed by atoms with Crippen LogP contribution in [0.5, 0.6) is 0 Å². The molecule has 1 fully saturated rings. The molecule has 0 saturated carbocycles. The summed E-state index contributed by atoms with van der Waals surface area (Å²) in [5.41, 5.74) is 1.97. The van der Waals surface area contributed by atoms with E-state index < -0.39 is 5.41 Å². The lowest BCUT2D eigenvalue weighted by Crippen LogP contribution is -2.45. The van der Waals surface area contributed by atoms with Gasteiger partial charge >= 0.3 is 0 Å². The van der Waals surface area contributed by atoms with Crippen LogP contribution >= 0.6 is 0 Å². The molecule has 1 aromatic rings. The highest BCUT2D eigenvalue weighted by Crippen LogP contribution is 2.19. The first-order valence-corrected chi connectivity index (χ1v) is 6.77. The zero-order chi connectivity index (χ0) is 14.8. The summed E-state index contributed by atoms with van der Waals surface area (Å²) in [5.74, 6) is 4.82. The molecule has 2 heterocycles. The summed E-state index contributed by atoms with van der Waals surface area (Å²) in [6.07, 6.45) is 3.97. The van der Waals surface area contributed by atoms with Crippen molar-refractivity contribution in [2.24, 2.45) is 11.3 Å². The van der Waals surface area contributed by atoms with Crippen molar-refractivity contribution in [2.75, 3.05) is 18.0 Å². The Balaban J connectivity index is 2.18. The molecule has 0 atom stereocenters. The monoisotopic (exact) mass is 279 g/mol. The second kappa shape index (κ2) is 5.62. The standard InChI is InChI=1S/C13H21N5O2/c1-13(2,12(20)16-14)9-18-11(19)7-10(8-15-18)17-5-3-4-6-17/h7-8H,3-6,9,14H2,1-2H3,(H,16,20). The maximum absolute atomic E-state index is 12.1. The number of hydrogen-bond acceptors (Lipinski definition) is 5. The molecule has 1 aliphatic rings. The predicted octanol–water partition coefficient (Wildman–Crippen LogP) is -0.140. The number of nitrogens with zero attached hydrogens (tertiary/aromatic N) is 3. The van der Waals surface area contributed by atoms with Gasteiger partial charge in [0.05, 0.1) is 23.8 Å². The molecule has 0 spiro atoms. The van der Waals surface area contributed by atoms with E-state index in [9.17, 15) is 9.59 Å². The molecular formula is C13H21N5O2. The second-order valence-corrected chi connectivity index (χ2v) is 5.76. The summed E-state index contributed by atoms with van der Waals surface area (Å²) in [5, 5.41) is 4.17. The molecule has 0 unspecified atom stereocenters. The summed E-state index contributed by atoms with van der Waals surface area (Å²) in [6, 6.07) is 1.58. The van der Waals surface area contributed by atoms with Crippen molar-refractivity contribution in [3.63, 3.8) is 0 Å². The number of aromatic nitrogens is 2. The number of nitrogens with two attached hydrogens (primary N) is 1. The highest BCUT2D eigenvalue weighted by Gasteiger charge is 2.28. The lowest BCUT2D eigenvalue weighted by atomic mass is 9.93. The number of hydrogen-bond donors (Lipinski definition) is 2. The van der Waals surface area contributed by atoms with Crippen LogP contribution in [0.1, 0.15) is 26.7 Å². The zero-order valence-corrected chi connectivity index (χ0v) is 11.9. The Morgan fingerprint density at radius 2 is 2.10 bits per heavy atom. The van der Waals surface area contributed by atoms with Crippen molar-refractivity contribution < 1.29 is 4.79 Å². The number of rotatable bonds is 4. The van der Waals surface area contributed by atoms with Gasteiger partial charge in [-0.3, -0.25) is 15.0 Å². The van der Waals surface area contributed by atoms with Gasteiger partial charge in [0.2, 0.25) is 5.91 Å². The number of carbonyl (C=O) groups is 1. The molecule has 1 aromatic heterocycles. The van der Waals surface area contributed by atoms with Crippen LogP contribution in [0.3, 0.4) is 0 Å². The van der Waals surface area contributed by atoms with Crippen molar-refractivity contribution in [3.05, 3.63) is 22.6 Å². The van der Waals surface area contributed by atoms with Gasteiger partial charge in [-0.15, -0.1) is 0 Å². The van der Waals surface area contributed by atoms with Crippen LogP contribution < -0.4 is 21.7 Å². The van der Waals surface area contributed by atoms with E-state index in [-0.39, 0.29) is 18.0 Å². The van der Waals surface area contributed by atoms with Gasteiger partial charge < -0.3 is 4.90 Å². The molecule has 3 N–H and O–H groups in total. The van der Waals surface area contributed by atoms with Gasteiger partial charge in [-0.1, -0.05) is 0 Å². The largest absolute Gasteiger partial charge is 0.370 e. The number of anilines is 1. The first kappa shape index (κ1) is 14.5. The summed E-state index contributed by atoms with van der Waals surface area (Å²) >= 11 is 0. The average molecular weight is 279 g/mol. The molecule has 0 aliphatic carbocycles. The lowest BCUT2D eigenvalue weighted by Gasteiger charge is -2.23.